The Morgan fingerprint density at radius 1 is 1.07 bits per heavy atom. The topological polar surface area (TPSA) is 77.4 Å². The van der Waals surface area contributed by atoms with Crippen molar-refractivity contribution in [3.05, 3.63) is 75.2 Å². The molecular formula is C23H24N2O4S. The zero-order valence-corrected chi connectivity index (χ0v) is 18.0. The largest absolute Gasteiger partial charge is 0.457 e. The molecule has 2 heterocycles. The van der Waals surface area contributed by atoms with E-state index in [1.165, 1.54) is 11.3 Å². The maximum absolute atomic E-state index is 12.6. The van der Waals surface area contributed by atoms with Crippen LogP contribution in [0.25, 0.3) is 5.69 Å². The van der Waals surface area contributed by atoms with Crippen molar-refractivity contribution < 1.29 is 19.1 Å². The molecule has 6 nitrogen and oxygen atoms in total. The number of ether oxygens (including phenoxy) is 1. The van der Waals surface area contributed by atoms with Gasteiger partial charge < -0.3 is 14.6 Å². The van der Waals surface area contributed by atoms with Crippen molar-refractivity contribution in [2.24, 2.45) is 0 Å². The van der Waals surface area contributed by atoms with Crippen LogP contribution in [0, 0.1) is 20.8 Å². The average Bonchev–Trinajstić information content (AvgIpc) is 3.35. The Morgan fingerprint density at radius 2 is 1.80 bits per heavy atom. The highest BCUT2D eigenvalue weighted by Crippen LogP contribution is 2.21. The molecule has 156 valence electrons. The molecule has 0 saturated carbocycles. The van der Waals surface area contributed by atoms with E-state index < -0.39 is 5.97 Å². The Morgan fingerprint density at radius 3 is 2.47 bits per heavy atom. The second-order valence-corrected chi connectivity index (χ2v) is 7.97. The van der Waals surface area contributed by atoms with Crippen LogP contribution < -0.4 is 5.32 Å². The number of hydrogen-bond acceptors (Lipinski definition) is 5. The van der Waals surface area contributed by atoms with Gasteiger partial charge in [-0.15, -0.1) is 11.3 Å². The van der Waals surface area contributed by atoms with Gasteiger partial charge in [0.05, 0.1) is 11.3 Å². The first-order chi connectivity index (χ1) is 14.4. The summed E-state index contributed by atoms with van der Waals surface area (Å²) in [4.78, 5) is 37.0. The molecule has 7 heteroatoms. The number of nitrogens with one attached hydrogen (secondary N) is 1. The van der Waals surface area contributed by atoms with E-state index in [0.717, 1.165) is 22.6 Å². The number of ketones is 1. The van der Waals surface area contributed by atoms with E-state index >= 15 is 0 Å². The molecule has 0 aliphatic heterocycles. The summed E-state index contributed by atoms with van der Waals surface area (Å²) in [6, 6.07) is 13.4. The summed E-state index contributed by atoms with van der Waals surface area (Å²) >= 11 is 1.33. The third-order valence-corrected chi connectivity index (χ3v) is 5.62. The number of thiophene rings is 1. The predicted molar refractivity (Wildman–Crippen MR) is 117 cm³/mol. The molecule has 2 aromatic heterocycles. The zero-order chi connectivity index (χ0) is 21.7. The Balaban J connectivity index is 1.53. The number of Topliss-reactive ketones (excluding diaryl/α,β-unsaturated/α-hetero) is 1. The van der Waals surface area contributed by atoms with Crippen molar-refractivity contribution in [2.75, 3.05) is 13.2 Å². The fourth-order valence-corrected chi connectivity index (χ4v) is 3.85. The number of rotatable bonds is 8. The number of hydrogen-bond donors (Lipinski definition) is 1. The average molecular weight is 425 g/mol. The number of esters is 1. The van der Waals surface area contributed by atoms with Crippen LogP contribution in [0.3, 0.4) is 0 Å². The van der Waals surface area contributed by atoms with Gasteiger partial charge in [0, 0.05) is 29.2 Å². The van der Waals surface area contributed by atoms with Gasteiger partial charge in [-0.2, -0.15) is 0 Å². The fraction of sp³-hybridized carbons (Fsp3) is 0.261. The molecular weight excluding hydrogens is 400 g/mol. The Labute approximate surface area is 179 Å². The van der Waals surface area contributed by atoms with Gasteiger partial charge in [0.2, 0.25) is 5.78 Å². The van der Waals surface area contributed by atoms with Gasteiger partial charge >= 0.3 is 5.97 Å². The molecule has 30 heavy (non-hydrogen) atoms. The molecule has 0 radical (unpaired) electrons. The van der Waals surface area contributed by atoms with Crippen LogP contribution in [0.1, 0.15) is 43.4 Å². The fourth-order valence-electron chi connectivity index (χ4n) is 3.21. The molecule has 0 aliphatic carbocycles. The summed E-state index contributed by atoms with van der Waals surface area (Å²) in [5.74, 6) is -1.00. The molecule has 0 spiro atoms. The highest BCUT2D eigenvalue weighted by molar-refractivity contribution is 7.12. The highest BCUT2D eigenvalue weighted by Gasteiger charge is 2.18. The first-order valence-corrected chi connectivity index (χ1v) is 10.5. The normalized spacial score (nSPS) is 10.6. The minimum absolute atomic E-state index is 0.00673. The monoisotopic (exact) mass is 424 g/mol. The summed E-state index contributed by atoms with van der Waals surface area (Å²) in [6.45, 7) is 5.67. The van der Waals surface area contributed by atoms with E-state index in [1.807, 2.05) is 61.1 Å². The molecule has 0 fully saturated rings. The zero-order valence-electron chi connectivity index (χ0n) is 17.2. The van der Waals surface area contributed by atoms with Crippen molar-refractivity contribution >= 4 is 29.0 Å². The van der Waals surface area contributed by atoms with Crippen LogP contribution in [0.15, 0.2) is 47.8 Å². The Hall–Kier alpha value is -3.19. The minimum Gasteiger partial charge on any atom is -0.457 e. The molecule has 1 amide bonds. The molecule has 0 bridgehead atoms. The lowest BCUT2D eigenvalue weighted by atomic mass is 10.1. The maximum Gasteiger partial charge on any atom is 0.308 e. The highest BCUT2D eigenvalue weighted by atomic mass is 32.1. The first-order valence-electron chi connectivity index (χ1n) is 9.63. The number of amides is 1. The third-order valence-electron chi connectivity index (χ3n) is 4.75. The van der Waals surface area contributed by atoms with Crippen LogP contribution in [0.4, 0.5) is 0 Å². The van der Waals surface area contributed by atoms with Crippen LogP contribution in [-0.2, 0) is 9.53 Å². The summed E-state index contributed by atoms with van der Waals surface area (Å²) < 4.78 is 7.12. The van der Waals surface area contributed by atoms with Gasteiger partial charge in [0.1, 0.15) is 0 Å². The molecule has 0 saturated heterocycles. The number of nitrogens with zero attached hydrogens (tertiary/aromatic N) is 1. The van der Waals surface area contributed by atoms with E-state index in [0.29, 0.717) is 10.4 Å². The predicted octanol–water partition coefficient (Wildman–Crippen LogP) is 4.01. The van der Waals surface area contributed by atoms with E-state index in [2.05, 4.69) is 5.32 Å². The van der Waals surface area contributed by atoms with Crippen molar-refractivity contribution in [3.8, 4) is 5.69 Å². The second-order valence-electron chi connectivity index (χ2n) is 7.02. The van der Waals surface area contributed by atoms with Crippen molar-refractivity contribution in [2.45, 2.75) is 27.2 Å². The standard InChI is InChI=1S/C23H24N2O4S/c1-15-6-8-18(9-7-15)25-16(2)13-19(17(25)3)20(26)14-29-22(27)10-11-24-23(28)21-5-4-12-30-21/h4-9,12-13H,10-11,14H2,1-3H3,(H,24,28). The third kappa shape index (κ3) is 5.04. The first kappa shape index (κ1) is 21.5. The molecule has 0 aliphatic rings. The van der Waals surface area contributed by atoms with Crippen molar-refractivity contribution in [1.29, 1.82) is 0 Å². The molecule has 1 aromatic carbocycles. The van der Waals surface area contributed by atoms with E-state index in [1.54, 1.807) is 12.1 Å². The molecule has 0 atom stereocenters. The van der Waals surface area contributed by atoms with Crippen molar-refractivity contribution in [1.82, 2.24) is 9.88 Å². The van der Waals surface area contributed by atoms with Gasteiger partial charge in [-0.3, -0.25) is 14.4 Å². The molecule has 3 rings (SSSR count). The van der Waals surface area contributed by atoms with Crippen LogP contribution >= 0.6 is 11.3 Å². The van der Waals surface area contributed by atoms with E-state index in [9.17, 15) is 14.4 Å². The van der Waals surface area contributed by atoms with E-state index in [-0.39, 0.29) is 31.3 Å². The molecule has 0 unspecified atom stereocenters. The maximum atomic E-state index is 12.6. The van der Waals surface area contributed by atoms with E-state index in [4.69, 9.17) is 4.74 Å². The lowest BCUT2D eigenvalue weighted by Crippen LogP contribution is -2.26. The van der Waals surface area contributed by atoms with Gasteiger partial charge in [0.25, 0.3) is 5.91 Å². The lowest BCUT2D eigenvalue weighted by molar-refractivity contribution is -0.142. The van der Waals surface area contributed by atoms with Gasteiger partial charge in [-0.1, -0.05) is 23.8 Å². The van der Waals surface area contributed by atoms with Crippen LogP contribution in [0.2, 0.25) is 0 Å². The number of carbonyl (C=O) groups is 3. The molecule has 3 aromatic rings. The van der Waals surface area contributed by atoms with Crippen LogP contribution in [-0.4, -0.2) is 35.4 Å². The molecule has 1 N–H and O–H groups in total. The lowest BCUT2D eigenvalue weighted by Gasteiger charge is -2.10. The second kappa shape index (κ2) is 9.54. The minimum atomic E-state index is -0.526. The van der Waals surface area contributed by atoms with Gasteiger partial charge in [0.15, 0.2) is 6.61 Å². The number of benzene rings is 1. The smallest absolute Gasteiger partial charge is 0.308 e. The Kier molecular flexibility index (Phi) is 6.84. The number of aromatic nitrogens is 1. The van der Waals surface area contributed by atoms with Gasteiger partial charge in [-0.05, 0) is 50.4 Å². The summed E-state index contributed by atoms with van der Waals surface area (Å²) in [5, 5.41) is 4.47. The number of carbonyl (C=O) groups excluding carboxylic acids is 3. The number of aryl methyl sites for hydroxylation is 2. The van der Waals surface area contributed by atoms with Crippen molar-refractivity contribution in [3.63, 3.8) is 0 Å². The summed E-state index contributed by atoms with van der Waals surface area (Å²) in [7, 11) is 0. The Bertz CT molecular complexity index is 1050. The SMILES string of the molecule is Cc1ccc(-n2c(C)cc(C(=O)COC(=O)CCNC(=O)c3cccs3)c2C)cc1. The van der Waals surface area contributed by atoms with Gasteiger partial charge in [-0.25, -0.2) is 0 Å². The summed E-state index contributed by atoms with van der Waals surface area (Å²) in [6.07, 6.45) is 0.00673. The quantitative estimate of drug-likeness (QED) is 0.438. The van der Waals surface area contributed by atoms with Crippen LogP contribution in [0.5, 0.6) is 0 Å². The summed E-state index contributed by atoms with van der Waals surface area (Å²) in [5.41, 5.74) is 4.42.